The van der Waals surface area contributed by atoms with Gasteiger partial charge in [-0.05, 0) is 29.7 Å². The first kappa shape index (κ1) is 18.5. The van der Waals surface area contributed by atoms with Crippen LogP contribution in [0.2, 0.25) is 0 Å². The van der Waals surface area contributed by atoms with E-state index in [4.69, 9.17) is 0 Å². The third kappa shape index (κ3) is 5.09. The first-order valence-electron chi connectivity index (χ1n) is 8.63. The smallest absolute Gasteiger partial charge is 0.107 e. The van der Waals surface area contributed by atoms with Crippen molar-refractivity contribution in [1.82, 2.24) is 0 Å². The zero-order valence-corrected chi connectivity index (χ0v) is 15.0. The second-order valence-electron chi connectivity index (χ2n) is 6.43. The van der Waals surface area contributed by atoms with Crippen molar-refractivity contribution in [3.63, 3.8) is 0 Å². The molecule has 0 bridgehead atoms. The first-order chi connectivity index (χ1) is 11.3. The van der Waals surface area contributed by atoms with Crippen LogP contribution in [0.1, 0.15) is 30.4 Å². The lowest BCUT2D eigenvalue weighted by Crippen LogP contribution is -3.17. The lowest BCUT2D eigenvalue weighted by Gasteiger charge is -2.33. The highest BCUT2D eigenvalue weighted by molar-refractivity contribution is 5.50. The van der Waals surface area contributed by atoms with Crippen molar-refractivity contribution in [3.8, 4) is 0 Å². The number of nitrogens with one attached hydrogen (secondary N) is 1. The summed E-state index contributed by atoms with van der Waals surface area (Å²) in [5.74, 6) is 0. The summed E-state index contributed by atoms with van der Waals surface area (Å²) in [6.45, 7) is 0. The van der Waals surface area contributed by atoms with Crippen LogP contribution >= 0.6 is 0 Å². The minimum absolute atomic E-state index is 0. The molecule has 0 aliphatic carbocycles. The largest absolute Gasteiger partial charge is 1.00 e. The lowest BCUT2D eigenvalue weighted by atomic mass is 9.95. The lowest BCUT2D eigenvalue weighted by molar-refractivity contribution is -0.922. The van der Waals surface area contributed by atoms with Crippen LogP contribution in [0.5, 0.6) is 0 Å². The minimum atomic E-state index is 0. The Labute approximate surface area is 152 Å². The zero-order valence-electron chi connectivity index (χ0n) is 14.2. The summed E-state index contributed by atoms with van der Waals surface area (Å²) in [4.78, 5) is 1.61. The van der Waals surface area contributed by atoms with Gasteiger partial charge in [-0.15, -0.1) is 0 Å². The van der Waals surface area contributed by atoms with Crippen LogP contribution in [0.15, 0.2) is 72.8 Å². The van der Waals surface area contributed by atoms with Gasteiger partial charge in [0.05, 0.1) is 7.05 Å². The number of benzene rings is 2. The summed E-state index contributed by atoms with van der Waals surface area (Å²) >= 11 is 0. The number of piperidine rings is 1. The highest BCUT2D eigenvalue weighted by Crippen LogP contribution is 2.13. The Morgan fingerprint density at radius 2 is 1.17 bits per heavy atom. The maximum atomic E-state index is 2.40. The van der Waals surface area contributed by atoms with Gasteiger partial charge in [0.25, 0.3) is 0 Å². The highest BCUT2D eigenvalue weighted by atomic mass is 35.5. The van der Waals surface area contributed by atoms with Gasteiger partial charge in [0.1, 0.15) is 12.1 Å². The average molecular weight is 340 g/mol. The molecule has 24 heavy (non-hydrogen) atoms. The molecule has 1 N–H and O–H groups in total. The molecule has 0 aromatic heterocycles. The maximum absolute atomic E-state index is 2.40. The van der Waals surface area contributed by atoms with E-state index in [1.165, 1.54) is 30.4 Å². The van der Waals surface area contributed by atoms with Crippen LogP contribution < -0.4 is 17.3 Å². The third-order valence-electron chi connectivity index (χ3n) is 4.84. The second kappa shape index (κ2) is 9.46. The predicted octanol–water partition coefficient (Wildman–Crippen LogP) is 0.853. The molecule has 1 nitrogen and oxygen atoms in total. The molecule has 0 spiro atoms. The summed E-state index contributed by atoms with van der Waals surface area (Å²) < 4.78 is 0. The Balaban J connectivity index is 0.00000208. The Kier molecular flexibility index (Phi) is 7.30. The molecule has 1 aliphatic rings. The van der Waals surface area contributed by atoms with Gasteiger partial charge < -0.3 is 17.3 Å². The second-order valence-corrected chi connectivity index (χ2v) is 6.43. The van der Waals surface area contributed by atoms with Gasteiger partial charge >= 0.3 is 0 Å². The van der Waals surface area contributed by atoms with Crippen molar-refractivity contribution in [1.29, 1.82) is 0 Å². The number of quaternary nitrogens is 1. The van der Waals surface area contributed by atoms with Crippen LogP contribution in [0.3, 0.4) is 0 Å². The van der Waals surface area contributed by atoms with E-state index in [2.05, 4.69) is 92.0 Å². The van der Waals surface area contributed by atoms with E-state index in [0.717, 1.165) is 0 Å². The summed E-state index contributed by atoms with van der Waals surface area (Å²) in [6, 6.07) is 22.4. The standard InChI is InChI=1S/C22H25N.ClH/c1-23-21(17-15-19-9-4-2-5-10-19)13-8-14-22(23)18-16-20-11-6-3-7-12-20;/h2-7,9-12,15-18,21-22H,8,13-14H2,1H3;1H/b17-15+,18-16+;/t21-,22-;/m0./s1. The molecule has 2 atom stereocenters. The topological polar surface area (TPSA) is 4.44 Å². The van der Waals surface area contributed by atoms with Gasteiger partial charge in [0.2, 0.25) is 0 Å². The molecular weight excluding hydrogens is 314 g/mol. The fourth-order valence-corrected chi connectivity index (χ4v) is 3.37. The average Bonchev–Trinajstić information content (AvgIpc) is 2.61. The predicted molar refractivity (Wildman–Crippen MR) is 99.3 cm³/mol. The number of hydrogen-bond donors (Lipinski definition) is 1. The van der Waals surface area contributed by atoms with E-state index < -0.39 is 0 Å². The molecule has 1 saturated heterocycles. The maximum Gasteiger partial charge on any atom is 0.107 e. The molecule has 2 heteroatoms. The Morgan fingerprint density at radius 3 is 1.58 bits per heavy atom. The van der Waals surface area contributed by atoms with E-state index in [1.54, 1.807) is 4.90 Å². The van der Waals surface area contributed by atoms with Crippen molar-refractivity contribution in [2.75, 3.05) is 7.05 Å². The Morgan fingerprint density at radius 1 is 0.750 bits per heavy atom. The molecule has 126 valence electrons. The van der Waals surface area contributed by atoms with Gasteiger partial charge in [0.15, 0.2) is 0 Å². The monoisotopic (exact) mass is 339 g/mol. The van der Waals surface area contributed by atoms with E-state index in [-0.39, 0.29) is 12.4 Å². The Bertz CT molecular complexity index is 591. The summed E-state index contributed by atoms with van der Waals surface area (Å²) in [7, 11) is 2.33. The molecule has 2 aromatic rings. The number of rotatable bonds is 4. The molecule has 1 heterocycles. The van der Waals surface area contributed by atoms with Crippen LogP contribution in [0.25, 0.3) is 12.2 Å². The highest BCUT2D eigenvalue weighted by Gasteiger charge is 2.27. The Hall–Kier alpha value is -1.83. The molecule has 1 aliphatic heterocycles. The van der Waals surface area contributed by atoms with Gasteiger partial charge in [-0.25, -0.2) is 0 Å². The molecule has 0 saturated carbocycles. The van der Waals surface area contributed by atoms with Gasteiger partial charge in [-0.3, -0.25) is 0 Å². The van der Waals surface area contributed by atoms with Crippen LogP contribution in [0.4, 0.5) is 0 Å². The SMILES string of the molecule is C[NH+]1[C@H](/C=C/c2ccccc2)CCC[C@H]1/C=C/c1ccccc1.[Cl-]. The first-order valence-corrected chi connectivity index (χ1v) is 8.63. The molecular formula is C22H26ClN. The van der Waals surface area contributed by atoms with E-state index in [9.17, 15) is 0 Å². The minimum Gasteiger partial charge on any atom is -1.00 e. The fraction of sp³-hybridized carbons (Fsp3) is 0.273. The zero-order chi connectivity index (χ0) is 15.9. The van der Waals surface area contributed by atoms with E-state index in [1.807, 2.05) is 0 Å². The van der Waals surface area contributed by atoms with Crippen LogP contribution in [0, 0.1) is 0 Å². The van der Waals surface area contributed by atoms with Crippen molar-refractivity contribution >= 4 is 12.2 Å². The fourth-order valence-electron chi connectivity index (χ4n) is 3.37. The number of halogens is 1. The van der Waals surface area contributed by atoms with Crippen LogP contribution in [-0.2, 0) is 0 Å². The third-order valence-corrected chi connectivity index (χ3v) is 4.84. The molecule has 0 unspecified atom stereocenters. The number of hydrogen-bond acceptors (Lipinski definition) is 0. The van der Waals surface area contributed by atoms with E-state index >= 15 is 0 Å². The molecule has 3 rings (SSSR count). The van der Waals surface area contributed by atoms with Gasteiger partial charge in [-0.2, -0.15) is 0 Å². The quantitative estimate of drug-likeness (QED) is 0.842. The number of likely N-dealkylation sites (tertiary alicyclic amines) is 1. The molecule has 2 aromatic carbocycles. The normalized spacial score (nSPS) is 21.9. The van der Waals surface area contributed by atoms with Crippen molar-refractivity contribution in [2.45, 2.75) is 31.3 Å². The summed E-state index contributed by atoms with van der Waals surface area (Å²) in [6.07, 6.45) is 13.2. The number of likely N-dealkylation sites (N-methyl/N-ethyl adjacent to an activating group) is 1. The molecule has 0 radical (unpaired) electrons. The van der Waals surface area contributed by atoms with Crippen molar-refractivity contribution in [3.05, 3.63) is 83.9 Å². The van der Waals surface area contributed by atoms with Gasteiger partial charge in [0, 0.05) is 12.8 Å². The van der Waals surface area contributed by atoms with Crippen molar-refractivity contribution in [2.24, 2.45) is 0 Å². The van der Waals surface area contributed by atoms with Crippen LogP contribution in [-0.4, -0.2) is 19.1 Å². The summed E-state index contributed by atoms with van der Waals surface area (Å²) in [5.41, 5.74) is 2.59. The summed E-state index contributed by atoms with van der Waals surface area (Å²) in [5, 5.41) is 0. The van der Waals surface area contributed by atoms with Gasteiger partial charge in [-0.1, -0.05) is 72.8 Å². The van der Waals surface area contributed by atoms with E-state index in [0.29, 0.717) is 12.1 Å². The van der Waals surface area contributed by atoms with Crippen molar-refractivity contribution < 1.29 is 17.3 Å². The molecule has 1 fully saturated rings. The molecule has 0 amide bonds.